The summed E-state index contributed by atoms with van der Waals surface area (Å²) in [4.78, 5) is 0. The molecule has 0 saturated heterocycles. The first-order valence-electron chi connectivity index (χ1n) is 5.40. The zero-order valence-electron chi connectivity index (χ0n) is 9.56. The fraction of sp³-hybridized carbons (Fsp3) is 0.417. The first-order valence-corrected chi connectivity index (χ1v) is 5.40. The average Bonchev–Trinajstić information content (AvgIpc) is 2.63. The van der Waals surface area contributed by atoms with Crippen molar-refractivity contribution in [2.75, 3.05) is 0 Å². The lowest BCUT2D eigenvalue weighted by Gasteiger charge is -2.02. The Bertz CT molecular complexity index is 548. The van der Waals surface area contributed by atoms with E-state index in [9.17, 15) is 0 Å². The van der Waals surface area contributed by atoms with Crippen molar-refractivity contribution in [1.82, 2.24) is 15.0 Å². The molecule has 16 heavy (non-hydrogen) atoms. The van der Waals surface area contributed by atoms with E-state index in [1.807, 2.05) is 4.68 Å². The molecule has 2 aromatic rings. The first-order chi connectivity index (χ1) is 7.72. The molecule has 0 bridgehead atoms. The Morgan fingerprint density at radius 1 is 1.31 bits per heavy atom. The summed E-state index contributed by atoms with van der Waals surface area (Å²) in [5, 5.41) is 16.7. The largest absolute Gasteiger partial charge is 0.245 e. The van der Waals surface area contributed by atoms with Gasteiger partial charge < -0.3 is 0 Å². The molecule has 4 nitrogen and oxygen atoms in total. The lowest BCUT2D eigenvalue weighted by Crippen LogP contribution is -2.00. The van der Waals surface area contributed by atoms with Crippen LogP contribution < -0.4 is 0 Å². The van der Waals surface area contributed by atoms with Crippen LogP contribution in [0.25, 0.3) is 11.0 Å². The maximum atomic E-state index is 8.49. The van der Waals surface area contributed by atoms with E-state index in [0.717, 1.165) is 24.0 Å². The predicted molar refractivity (Wildman–Crippen MR) is 61.8 cm³/mol. The van der Waals surface area contributed by atoms with Gasteiger partial charge in [-0.25, -0.2) is 4.68 Å². The summed E-state index contributed by atoms with van der Waals surface area (Å²) < 4.78 is 1.87. The standard InChI is InChI=1S/C12H14N4/c1-9-7-11-12(8-10(9)2)16(15-14-11)6-4-3-5-13/h7-8H,3-4,6H2,1-2H3. The van der Waals surface area contributed by atoms with Crippen molar-refractivity contribution in [3.63, 3.8) is 0 Å². The van der Waals surface area contributed by atoms with Gasteiger partial charge in [0.25, 0.3) is 0 Å². The SMILES string of the molecule is Cc1cc2nnn(CCCC#N)c2cc1C. The van der Waals surface area contributed by atoms with Crippen molar-refractivity contribution in [1.29, 1.82) is 5.26 Å². The highest BCUT2D eigenvalue weighted by molar-refractivity contribution is 5.76. The third-order valence-corrected chi connectivity index (χ3v) is 2.79. The first kappa shape index (κ1) is 10.6. The fourth-order valence-corrected chi connectivity index (χ4v) is 1.70. The topological polar surface area (TPSA) is 54.5 Å². The molecule has 0 N–H and O–H groups in total. The molecule has 1 heterocycles. The summed E-state index contributed by atoms with van der Waals surface area (Å²) in [6.45, 7) is 4.91. The molecule has 1 aromatic heterocycles. The number of hydrogen-bond donors (Lipinski definition) is 0. The van der Waals surface area contributed by atoms with E-state index in [0.29, 0.717) is 6.42 Å². The van der Waals surface area contributed by atoms with E-state index < -0.39 is 0 Å². The number of benzene rings is 1. The van der Waals surface area contributed by atoms with Gasteiger partial charge in [-0.05, 0) is 43.5 Å². The fourth-order valence-electron chi connectivity index (χ4n) is 1.70. The minimum Gasteiger partial charge on any atom is -0.245 e. The van der Waals surface area contributed by atoms with Gasteiger partial charge in [-0.1, -0.05) is 5.21 Å². The molecule has 0 saturated carbocycles. The summed E-state index contributed by atoms with van der Waals surface area (Å²) in [5.74, 6) is 0. The second-order valence-corrected chi connectivity index (χ2v) is 4.00. The van der Waals surface area contributed by atoms with Crippen LogP contribution in [0.4, 0.5) is 0 Å². The van der Waals surface area contributed by atoms with Crippen molar-refractivity contribution in [2.45, 2.75) is 33.2 Å². The number of fused-ring (bicyclic) bond motifs is 1. The molecule has 0 fully saturated rings. The zero-order chi connectivity index (χ0) is 11.5. The maximum Gasteiger partial charge on any atom is 0.113 e. The van der Waals surface area contributed by atoms with Gasteiger partial charge in [-0.2, -0.15) is 5.26 Å². The van der Waals surface area contributed by atoms with Crippen molar-refractivity contribution in [3.05, 3.63) is 23.3 Å². The molecule has 0 aliphatic heterocycles. The van der Waals surface area contributed by atoms with Gasteiger partial charge in [0.15, 0.2) is 0 Å². The lowest BCUT2D eigenvalue weighted by atomic mass is 10.1. The van der Waals surface area contributed by atoms with E-state index in [2.05, 4.69) is 42.4 Å². The minimum absolute atomic E-state index is 0.562. The number of rotatable bonds is 3. The molecule has 0 spiro atoms. The molecule has 0 atom stereocenters. The van der Waals surface area contributed by atoms with Crippen molar-refractivity contribution >= 4 is 11.0 Å². The number of aromatic nitrogens is 3. The third kappa shape index (κ3) is 1.89. The highest BCUT2D eigenvalue weighted by Crippen LogP contribution is 2.17. The van der Waals surface area contributed by atoms with Crippen LogP contribution >= 0.6 is 0 Å². The predicted octanol–water partition coefficient (Wildman–Crippen LogP) is 2.35. The second-order valence-electron chi connectivity index (χ2n) is 4.00. The molecule has 0 unspecified atom stereocenters. The second kappa shape index (κ2) is 4.31. The molecule has 0 aliphatic rings. The van der Waals surface area contributed by atoms with E-state index in [1.165, 1.54) is 11.1 Å². The Hall–Kier alpha value is -1.89. The summed E-state index contributed by atoms with van der Waals surface area (Å²) in [6, 6.07) is 6.30. The van der Waals surface area contributed by atoms with Gasteiger partial charge in [-0.15, -0.1) is 5.10 Å². The molecule has 0 radical (unpaired) electrons. The molecule has 1 aromatic carbocycles. The molecule has 82 valence electrons. The molecule has 2 rings (SSSR count). The van der Waals surface area contributed by atoms with Crippen LogP contribution in [0.5, 0.6) is 0 Å². The summed E-state index contributed by atoms with van der Waals surface area (Å²) in [7, 11) is 0. The average molecular weight is 214 g/mol. The van der Waals surface area contributed by atoms with Gasteiger partial charge in [0.1, 0.15) is 5.52 Å². The van der Waals surface area contributed by atoms with Crippen LogP contribution in [0.15, 0.2) is 12.1 Å². The number of unbranched alkanes of at least 4 members (excludes halogenated alkanes) is 1. The highest BCUT2D eigenvalue weighted by atomic mass is 15.4. The van der Waals surface area contributed by atoms with Crippen LogP contribution in [-0.4, -0.2) is 15.0 Å². The normalized spacial score (nSPS) is 10.6. The monoisotopic (exact) mass is 214 g/mol. The van der Waals surface area contributed by atoms with Gasteiger partial charge in [-0.3, -0.25) is 0 Å². The quantitative estimate of drug-likeness (QED) is 0.737. The zero-order valence-corrected chi connectivity index (χ0v) is 9.56. The molecule has 4 heteroatoms. The lowest BCUT2D eigenvalue weighted by molar-refractivity contribution is 0.580. The Labute approximate surface area is 94.5 Å². The Kier molecular flexibility index (Phi) is 2.86. The van der Waals surface area contributed by atoms with E-state index in [-0.39, 0.29) is 0 Å². The van der Waals surface area contributed by atoms with Gasteiger partial charge in [0.05, 0.1) is 11.6 Å². The Morgan fingerprint density at radius 3 is 2.81 bits per heavy atom. The highest BCUT2D eigenvalue weighted by Gasteiger charge is 2.05. The summed E-state index contributed by atoms with van der Waals surface area (Å²) in [6.07, 6.45) is 1.38. The smallest absolute Gasteiger partial charge is 0.113 e. The number of nitrogens with zero attached hydrogens (tertiary/aromatic N) is 4. The number of hydrogen-bond acceptors (Lipinski definition) is 3. The minimum atomic E-state index is 0.562. The molecule has 0 amide bonds. The van der Waals surface area contributed by atoms with E-state index in [4.69, 9.17) is 5.26 Å². The van der Waals surface area contributed by atoms with Crippen molar-refractivity contribution in [3.8, 4) is 6.07 Å². The van der Waals surface area contributed by atoms with Gasteiger partial charge in [0.2, 0.25) is 0 Å². The Balaban J connectivity index is 2.33. The van der Waals surface area contributed by atoms with Crippen LogP contribution in [0.1, 0.15) is 24.0 Å². The number of aryl methyl sites for hydroxylation is 3. The van der Waals surface area contributed by atoms with Crippen LogP contribution in [0.2, 0.25) is 0 Å². The molecule has 0 aliphatic carbocycles. The molecular weight excluding hydrogens is 200 g/mol. The van der Waals surface area contributed by atoms with E-state index in [1.54, 1.807) is 0 Å². The van der Waals surface area contributed by atoms with Crippen molar-refractivity contribution in [2.24, 2.45) is 0 Å². The van der Waals surface area contributed by atoms with Gasteiger partial charge in [0, 0.05) is 13.0 Å². The molecular formula is C12H14N4. The summed E-state index contributed by atoms with van der Waals surface area (Å²) >= 11 is 0. The van der Waals surface area contributed by atoms with Crippen molar-refractivity contribution < 1.29 is 0 Å². The number of nitriles is 1. The van der Waals surface area contributed by atoms with E-state index >= 15 is 0 Å². The summed E-state index contributed by atoms with van der Waals surface area (Å²) in [5.41, 5.74) is 4.47. The van der Waals surface area contributed by atoms with Crippen LogP contribution in [-0.2, 0) is 6.54 Å². The van der Waals surface area contributed by atoms with Crippen LogP contribution in [0.3, 0.4) is 0 Å². The van der Waals surface area contributed by atoms with Gasteiger partial charge >= 0.3 is 0 Å². The maximum absolute atomic E-state index is 8.49. The Morgan fingerprint density at radius 2 is 2.06 bits per heavy atom. The third-order valence-electron chi connectivity index (χ3n) is 2.79. The van der Waals surface area contributed by atoms with Crippen LogP contribution in [0, 0.1) is 25.2 Å².